The minimum absolute atomic E-state index is 0.0273. The van der Waals surface area contributed by atoms with E-state index in [0.29, 0.717) is 16.7 Å². The molecule has 2 aromatic carbocycles. The second-order valence-electron chi connectivity index (χ2n) is 11.2. The van der Waals surface area contributed by atoms with Crippen molar-refractivity contribution in [2.24, 2.45) is 5.92 Å². The van der Waals surface area contributed by atoms with E-state index in [1.165, 1.54) is 11.1 Å². The van der Waals surface area contributed by atoms with Crippen LogP contribution in [0, 0.1) is 5.92 Å². The van der Waals surface area contributed by atoms with Crippen LogP contribution in [0.4, 0.5) is 0 Å². The van der Waals surface area contributed by atoms with Crippen molar-refractivity contribution >= 4 is 17.6 Å². The molecule has 1 heterocycles. The number of halogens is 1. The molecule has 1 aliphatic heterocycles. The van der Waals surface area contributed by atoms with Crippen LogP contribution in [-0.2, 0) is 14.9 Å². The molecular weight excluding hydrogens is 460 g/mol. The second kappa shape index (κ2) is 10.8. The number of carboxylic acids is 1. The first kappa shape index (κ1) is 27.3. The lowest BCUT2D eigenvalue weighted by atomic mass is 9.75. The Balaban J connectivity index is 2.04. The van der Waals surface area contributed by atoms with Crippen LogP contribution < -0.4 is 4.74 Å². The van der Waals surface area contributed by atoms with Gasteiger partial charge in [-0.25, -0.2) is 4.79 Å². The van der Waals surface area contributed by atoms with E-state index in [0.717, 1.165) is 23.1 Å². The minimum atomic E-state index is -1.05. The highest BCUT2D eigenvalue weighted by Gasteiger charge is 2.40. The maximum absolute atomic E-state index is 11.3. The van der Waals surface area contributed by atoms with Crippen LogP contribution in [0.15, 0.2) is 48.6 Å². The van der Waals surface area contributed by atoms with Crippen LogP contribution in [-0.4, -0.2) is 23.8 Å². The Hall–Kier alpha value is -2.30. The Kier molecular flexibility index (Phi) is 8.39. The largest absolute Gasteiger partial charge is 0.480 e. The van der Waals surface area contributed by atoms with E-state index >= 15 is 0 Å². The summed E-state index contributed by atoms with van der Waals surface area (Å²) in [5, 5.41) is 9.63. The number of hydrogen-bond acceptors (Lipinski definition) is 3. The van der Waals surface area contributed by atoms with Gasteiger partial charge in [-0.1, -0.05) is 82.6 Å². The predicted molar refractivity (Wildman–Crippen MR) is 143 cm³/mol. The van der Waals surface area contributed by atoms with Gasteiger partial charge in [-0.2, -0.15) is 0 Å². The second-order valence-corrected chi connectivity index (χ2v) is 11.6. The van der Waals surface area contributed by atoms with E-state index in [9.17, 15) is 9.90 Å². The van der Waals surface area contributed by atoms with E-state index in [-0.39, 0.29) is 29.5 Å². The molecule has 190 valence electrons. The van der Waals surface area contributed by atoms with Gasteiger partial charge in [-0.05, 0) is 60.4 Å². The molecule has 0 aliphatic carbocycles. The van der Waals surface area contributed by atoms with Crippen molar-refractivity contribution in [2.45, 2.75) is 84.3 Å². The Bertz CT molecular complexity index is 1060. The molecule has 0 unspecified atom stereocenters. The van der Waals surface area contributed by atoms with E-state index in [1.807, 2.05) is 13.0 Å². The lowest BCUT2D eigenvalue weighted by Gasteiger charge is -2.42. The maximum Gasteiger partial charge on any atom is 0.341 e. The SMILES string of the molecule is C=C(C)[C@H]1C[C@H](c2ccc(C(C)C)cc2)[C@H](C)O[C@@H]1c1cc(C(C)(C)C)cc(Cl)c1OCC(=O)O. The molecular formula is C30H39ClO4. The van der Waals surface area contributed by atoms with Crippen LogP contribution in [0.25, 0.3) is 0 Å². The highest BCUT2D eigenvalue weighted by molar-refractivity contribution is 6.32. The van der Waals surface area contributed by atoms with Gasteiger partial charge >= 0.3 is 5.97 Å². The normalized spacial score (nSPS) is 22.8. The standard InChI is InChI=1S/C30H39ClO4/c1-17(2)20-9-11-21(12-10-20)24-15-23(18(3)4)28(35-19(24)5)25-13-22(30(6,7)8)14-26(31)29(25)34-16-27(32)33/h9-14,17,19,23-24,28H,3,15-16H2,1-2,4-8H3,(H,32,33)/t19-,23+,24-,28-/m0/s1. The summed E-state index contributed by atoms with van der Waals surface area (Å²) in [5.74, 6) is 0.0652. The van der Waals surface area contributed by atoms with Gasteiger partial charge in [0.1, 0.15) is 5.75 Å². The van der Waals surface area contributed by atoms with Crippen LogP contribution in [0.5, 0.6) is 5.75 Å². The molecule has 0 saturated carbocycles. The molecule has 35 heavy (non-hydrogen) atoms. The summed E-state index contributed by atoms with van der Waals surface area (Å²) < 4.78 is 12.4. The van der Waals surface area contributed by atoms with Crippen molar-refractivity contribution < 1.29 is 19.4 Å². The van der Waals surface area contributed by atoms with Gasteiger partial charge in [0.15, 0.2) is 6.61 Å². The first-order valence-electron chi connectivity index (χ1n) is 12.4. The van der Waals surface area contributed by atoms with E-state index in [1.54, 1.807) is 0 Å². The van der Waals surface area contributed by atoms with Crippen LogP contribution in [0.2, 0.25) is 5.02 Å². The molecule has 4 nitrogen and oxygen atoms in total. The van der Waals surface area contributed by atoms with E-state index in [4.69, 9.17) is 21.1 Å². The Labute approximate surface area is 215 Å². The summed E-state index contributed by atoms with van der Waals surface area (Å²) in [6.07, 6.45) is 0.486. The zero-order valence-electron chi connectivity index (χ0n) is 22.0. The van der Waals surface area contributed by atoms with Gasteiger partial charge in [0.25, 0.3) is 0 Å². The smallest absolute Gasteiger partial charge is 0.341 e. The summed E-state index contributed by atoms with van der Waals surface area (Å²) in [5.41, 5.74) is 5.29. The van der Waals surface area contributed by atoms with Crippen molar-refractivity contribution in [3.8, 4) is 5.75 Å². The molecule has 4 atom stereocenters. The van der Waals surface area contributed by atoms with Crippen LogP contribution in [0.3, 0.4) is 0 Å². The summed E-state index contributed by atoms with van der Waals surface area (Å²) in [6.45, 7) is 18.7. The van der Waals surface area contributed by atoms with Crippen molar-refractivity contribution in [3.63, 3.8) is 0 Å². The van der Waals surface area contributed by atoms with Crippen molar-refractivity contribution in [1.82, 2.24) is 0 Å². The number of carbonyl (C=O) groups is 1. The number of carboxylic acid groups (broad SMARTS) is 1. The average Bonchev–Trinajstić information content (AvgIpc) is 2.76. The van der Waals surface area contributed by atoms with Crippen LogP contribution >= 0.6 is 11.6 Å². The maximum atomic E-state index is 11.3. The summed E-state index contributed by atoms with van der Waals surface area (Å²) in [7, 11) is 0. The highest BCUT2D eigenvalue weighted by Crippen LogP contribution is 2.50. The third-order valence-electron chi connectivity index (χ3n) is 7.05. The predicted octanol–water partition coefficient (Wildman–Crippen LogP) is 8.05. The molecule has 0 aromatic heterocycles. The zero-order chi connectivity index (χ0) is 26.1. The van der Waals surface area contributed by atoms with Crippen molar-refractivity contribution in [2.75, 3.05) is 6.61 Å². The summed E-state index contributed by atoms with van der Waals surface area (Å²) in [4.78, 5) is 11.3. The fourth-order valence-corrected chi connectivity index (χ4v) is 5.12. The number of benzene rings is 2. The number of ether oxygens (including phenoxy) is 2. The molecule has 5 heteroatoms. The third-order valence-corrected chi connectivity index (χ3v) is 7.33. The number of aliphatic carboxylic acids is 1. The number of hydrogen-bond donors (Lipinski definition) is 1. The molecule has 0 radical (unpaired) electrons. The third kappa shape index (κ3) is 6.29. The Morgan fingerprint density at radius 3 is 2.37 bits per heavy atom. The van der Waals surface area contributed by atoms with Crippen molar-refractivity contribution in [1.29, 1.82) is 0 Å². The molecule has 3 rings (SSSR count). The lowest BCUT2D eigenvalue weighted by molar-refractivity contribution is -0.139. The first-order chi connectivity index (χ1) is 16.3. The molecule has 1 aliphatic rings. The molecule has 1 saturated heterocycles. The monoisotopic (exact) mass is 498 g/mol. The Morgan fingerprint density at radius 2 is 1.86 bits per heavy atom. The van der Waals surface area contributed by atoms with Crippen molar-refractivity contribution in [3.05, 3.63) is 75.8 Å². The topological polar surface area (TPSA) is 55.8 Å². The van der Waals surface area contributed by atoms with E-state index < -0.39 is 12.6 Å². The first-order valence-corrected chi connectivity index (χ1v) is 12.8. The lowest BCUT2D eigenvalue weighted by Crippen LogP contribution is -2.35. The quantitative estimate of drug-likeness (QED) is 0.392. The fraction of sp³-hybridized carbons (Fsp3) is 0.500. The van der Waals surface area contributed by atoms with Gasteiger partial charge < -0.3 is 14.6 Å². The summed E-state index contributed by atoms with van der Waals surface area (Å²) in [6, 6.07) is 12.8. The average molecular weight is 499 g/mol. The van der Waals surface area contributed by atoms with Gasteiger partial charge in [-0.3, -0.25) is 0 Å². The molecule has 0 spiro atoms. The zero-order valence-corrected chi connectivity index (χ0v) is 22.8. The molecule has 1 N–H and O–H groups in total. The number of rotatable bonds is 7. The van der Waals surface area contributed by atoms with Gasteiger partial charge in [0.2, 0.25) is 0 Å². The molecule has 0 amide bonds. The molecule has 1 fully saturated rings. The highest BCUT2D eigenvalue weighted by atomic mass is 35.5. The van der Waals surface area contributed by atoms with E-state index in [2.05, 4.69) is 78.5 Å². The van der Waals surface area contributed by atoms with Gasteiger partial charge in [0, 0.05) is 17.4 Å². The van der Waals surface area contributed by atoms with Gasteiger partial charge in [-0.15, -0.1) is 0 Å². The molecule has 2 aromatic rings. The minimum Gasteiger partial charge on any atom is -0.480 e. The molecule has 0 bridgehead atoms. The van der Waals surface area contributed by atoms with Crippen LogP contribution in [0.1, 0.15) is 95.1 Å². The summed E-state index contributed by atoms with van der Waals surface area (Å²) >= 11 is 6.68. The fourth-order valence-electron chi connectivity index (χ4n) is 4.84. The van der Waals surface area contributed by atoms with Gasteiger partial charge in [0.05, 0.1) is 17.2 Å². The Morgan fingerprint density at radius 1 is 1.23 bits per heavy atom.